The van der Waals surface area contributed by atoms with Gasteiger partial charge in [0.1, 0.15) is 11.8 Å². The van der Waals surface area contributed by atoms with Crippen LogP contribution in [0.15, 0.2) is 24.4 Å². The van der Waals surface area contributed by atoms with Crippen LogP contribution in [0.25, 0.3) is 5.52 Å². The van der Waals surface area contributed by atoms with E-state index in [1.54, 1.807) is 10.7 Å². The third-order valence-electron chi connectivity index (χ3n) is 6.24. The number of nitrogens with one attached hydrogen (secondary N) is 1. The number of pyridine rings is 1. The molecule has 2 unspecified atom stereocenters. The number of hydrogen-bond donors (Lipinski definition) is 1. The van der Waals surface area contributed by atoms with Gasteiger partial charge in [-0.1, -0.05) is 0 Å². The van der Waals surface area contributed by atoms with Crippen LogP contribution in [0.1, 0.15) is 12.6 Å². The first-order valence-electron chi connectivity index (χ1n) is 9.91. The van der Waals surface area contributed by atoms with E-state index in [-0.39, 0.29) is 12.2 Å². The molecule has 0 saturated carbocycles. The maximum atomic E-state index is 9.31. The molecule has 0 radical (unpaired) electrons. The lowest BCUT2D eigenvalue weighted by molar-refractivity contribution is -0.0301. The van der Waals surface area contributed by atoms with Gasteiger partial charge in [0.2, 0.25) is 0 Å². The van der Waals surface area contributed by atoms with Crippen LogP contribution in [0, 0.1) is 23.2 Å². The molecule has 0 aliphatic carbocycles. The fraction of sp³-hybridized carbons (Fsp3) is 0.600. The van der Waals surface area contributed by atoms with Crippen LogP contribution in [0.2, 0.25) is 0 Å². The topological polar surface area (TPSA) is 68.8 Å². The number of aromatic nitrogens is 2. The van der Waals surface area contributed by atoms with Crippen LogP contribution in [0.4, 0.5) is 5.69 Å². The first-order valence-corrected chi connectivity index (χ1v) is 9.91. The van der Waals surface area contributed by atoms with E-state index in [0.29, 0.717) is 5.69 Å². The SMILES string of the molecule is C[C@@H]1CN(c2ccc(C#N)n3nccc23)C[C@H](CN2CC3CNCC3C2)O1. The van der Waals surface area contributed by atoms with Gasteiger partial charge in [-0.05, 0) is 50.0 Å². The van der Waals surface area contributed by atoms with Gasteiger partial charge in [-0.2, -0.15) is 10.4 Å². The Bertz CT molecular complexity index is 861. The van der Waals surface area contributed by atoms with Crippen LogP contribution in [0.5, 0.6) is 0 Å². The molecule has 3 aliphatic rings. The first-order chi connectivity index (χ1) is 13.2. The monoisotopic (exact) mass is 366 g/mol. The summed E-state index contributed by atoms with van der Waals surface area (Å²) in [6.45, 7) is 9.60. The maximum absolute atomic E-state index is 9.31. The van der Waals surface area contributed by atoms with Crippen LogP contribution < -0.4 is 10.2 Å². The van der Waals surface area contributed by atoms with Crippen molar-refractivity contribution in [3.63, 3.8) is 0 Å². The number of anilines is 1. The molecule has 0 bridgehead atoms. The van der Waals surface area contributed by atoms with Crippen molar-refractivity contribution in [1.29, 1.82) is 5.26 Å². The van der Waals surface area contributed by atoms with Gasteiger partial charge in [0, 0.05) is 32.7 Å². The van der Waals surface area contributed by atoms with E-state index in [1.165, 1.54) is 26.2 Å². The normalized spacial score (nSPS) is 31.3. The third-order valence-corrected chi connectivity index (χ3v) is 6.24. The zero-order valence-corrected chi connectivity index (χ0v) is 15.7. The van der Waals surface area contributed by atoms with Gasteiger partial charge in [-0.3, -0.25) is 0 Å². The quantitative estimate of drug-likeness (QED) is 0.872. The summed E-state index contributed by atoms with van der Waals surface area (Å²) >= 11 is 0. The lowest BCUT2D eigenvalue weighted by Crippen LogP contribution is -2.51. The number of rotatable bonds is 3. The lowest BCUT2D eigenvalue weighted by Gasteiger charge is -2.39. The van der Waals surface area contributed by atoms with Gasteiger partial charge in [0.25, 0.3) is 0 Å². The van der Waals surface area contributed by atoms with Crippen LogP contribution in [0.3, 0.4) is 0 Å². The first kappa shape index (κ1) is 17.0. The van der Waals surface area contributed by atoms with E-state index >= 15 is 0 Å². The summed E-state index contributed by atoms with van der Waals surface area (Å²) in [6.07, 6.45) is 2.16. The molecule has 5 heterocycles. The van der Waals surface area contributed by atoms with E-state index in [9.17, 15) is 5.26 Å². The molecule has 0 aromatic carbocycles. The minimum atomic E-state index is 0.186. The highest BCUT2D eigenvalue weighted by molar-refractivity contribution is 5.74. The van der Waals surface area contributed by atoms with Gasteiger partial charge >= 0.3 is 0 Å². The summed E-state index contributed by atoms with van der Waals surface area (Å²) in [5, 5.41) is 17.1. The average molecular weight is 366 g/mol. The molecule has 4 atom stereocenters. The van der Waals surface area contributed by atoms with Crippen LogP contribution in [-0.4, -0.2) is 72.5 Å². The molecule has 3 fully saturated rings. The lowest BCUT2D eigenvalue weighted by atomic mass is 10.0. The van der Waals surface area contributed by atoms with Crippen molar-refractivity contribution >= 4 is 11.2 Å². The summed E-state index contributed by atoms with van der Waals surface area (Å²) in [5.41, 5.74) is 2.69. The number of hydrogen-bond acceptors (Lipinski definition) is 6. The predicted octanol–water partition coefficient (Wildman–Crippen LogP) is 0.951. The van der Waals surface area contributed by atoms with Crippen molar-refractivity contribution in [2.24, 2.45) is 11.8 Å². The molecule has 3 aliphatic heterocycles. The highest BCUT2D eigenvalue weighted by Gasteiger charge is 2.38. The summed E-state index contributed by atoms with van der Waals surface area (Å²) in [4.78, 5) is 4.99. The summed E-state index contributed by atoms with van der Waals surface area (Å²) in [6, 6.07) is 8.12. The number of morpholine rings is 1. The largest absolute Gasteiger partial charge is 0.370 e. The predicted molar refractivity (Wildman–Crippen MR) is 103 cm³/mol. The summed E-state index contributed by atoms with van der Waals surface area (Å²) in [5.74, 6) is 1.62. The molecular weight excluding hydrogens is 340 g/mol. The number of fused-ring (bicyclic) bond motifs is 2. The van der Waals surface area contributed by atoms with E-state index in [4.69, 9.17) is 4.74 Å². The Morgan fingerprint density at radius 1 is 1.19 bits per heavy atom. The molecule has 142 valence electrons. The van der Waals surface area contributed by atoms with Crippen LogP contribution in [-0.2, 0) is 4.74 Å². The van der Waals surface area contributed by atoms with Crippen molar-refractivity contribution in [3.8, 4) is 6.07 Å². The second kappa shape index (κ2) is 6.79. The van der Waals surface area contributed by atoms with E-state index in [1.807, 2.05) is 12.1 Å². The number of likely N-dealkylation sites (tertiary alicyclic amines) is 1. The number of nitrogens with zero attached hydrogens (tertiary/aromatic N) is 5. The number of nitriles is 1. The van der Waals surface area contributed by atoms with E-state index < -0.39 is 0 Å². The van der Waals surface area contributed by atoms with Gasteiger partial charge < -0.3 is 19.9 Å². The average Bonchev–Trinajstić information content (AvgIpc) is 3.36. The molecule has 7 heteroatoms. The molecule has 1 N–H and O–H groups in total. The van der Waals surface area contributed by atoms with Crippen molar-refractivity contribution < 1.29 is 4.74 Å². The fourth-order valence-electron chi connectivity index (χ4n) is 5.09. The highest BCUT2D eigenvalue weighted by atomic mass is 16.5. The molecule has 5 rings (SSSR count). The molecule has 0 amide bonds. The molecule has 27 heavy (non-hydrogen) atoms. The maximum Gasteiger partial charge on any atom is 0.142 e. The molecular formula is C20H26N6O. The minimum absolute atomic E-state index is 0.186. The van der Waals surface area contributed by atoms with Gasteiger partial charge in [-0.15, -0.1) is 0 Å². The van der Waals surface area contributed by atoms with Gasteiger partial charge in [0.05, 0.1) is 29.6 Å². The second-order valence-electron chi connectivity index (χ2n) is 8.21. The summed E-state index contributed by atoms with van der Waals surface area (Å²) < 4.78 is 8.02. The van der Waals surface area contributed by atoms with Crippen molar-refractivity contribution in [3.05, 3.63) is 30.1 Å². The Kier molecular flexibility index (Phi) is 4.27. The Hall–Kier alpha value is -2.14. The van der Waals surface area contributed by atoms with Crippen molar-refractivity contribution in [1.82, 2.24) is 19.8 Å². The molecule has 3 saturated heterocycles. The Balaban J connectivity index is 1.34. The third kappa shape index (κ3) is 3.08. The zero-order valence-electron chi connectivity index (χ0n) is 15.7. The van der Waals surface area contributed by atoms with Crippen molar-refractivity contribution in [2.75, 3.05) is 50.7 Å². The van der Waals surface area contributed by atoms with E-state index in [0.717, 1.165) is 42.7 Å². The van der Waals surface area contributed by atoms with E-state index in [2.05, 4.69) is 39.3 Å². The molecule has 0 spiro atoms. The Morgan fingerprint density at radius 2 is 2.00 bits per heavy atom. The molecule has 2 aromatic heterocycles. The molecule has 2 aromatic rings. The smallest absolute Gasteiger partial charge is 0.142 e. The van der Waals surface area contributed by atoms with Crippen LogP contribution >= 0.6 is 0 Å². The number of ether oxygens (including phenoxy) is 1. The molecule has 7 nitrogen and oxygen atoms in total. The Labute approximate surface area is 159 Å². The fourth-order valence-corrected chi connectivity index (χ4v) is 5.09. The second-order valence-corrected chi connectivity index (χ2v) is 8.21. The zero-order chi connectivity index (χ0) is 18.4. The minimum Gasteiger partial charge on any atom is -0.370 e. The summed E-state index contributed by atoms with van der Waals surface area (Å²) in [7, 11) is 0. The van der Waals surface area contributed by atoms with Gasteiger partial charge in [-0.25, -0.2) is 4.52 Å². The highest BCUT2D eigenvalue weighted by Crippen LogP contribution is 2.29. The standard InChI is InChI=1S/C20H26N6O/c1-14-9-25(19-3-2-17(6-21)26-20(19)4-5-23-26)13-18(27-14)12-24-10-15-7-22-8-16(15)11-24/h2-5,14-16,18,22H,7-13H2,1H3/t14-,15?,16?,18+/m1/s1. The Morgan fingerprint density at radius 3 is 2.78 bits per heavy atom. The van der Waals surface area contributed by atoms with Gasteiger partial charge in [0.15, 0.2) is 0 Å². The van der Waals surface area contributed by atoms with Crippen molar-refractivity contribution in [2.45, 2.75) is 19.1 Å².